The van der Waals surface area contributed by atoms with Crippen molar-refractivity contribution in [2.24, 2.45) is 5.73 Å². The van der Waals surface area contributed by atoms with E-state index in [0.29, 0.717) is 23.8 Å². The Morgan fingerprint density at radius 2 is 1.84 bits per heavy atom. The van der Waals surface area contributed by atoms with Crippen LogP contribution in [0, 0.1) is 5.82 Å². The third-order valence-corrected chi connectivity index (χ3v) is 5.15. The van der Waals surface area contributed by atoms with Crippen molar-refractivity contribution in [1.29, 1.82) is 0 Å². The molecule has 0 bridgehead atoms. The highest BCUT2D eigenvalue weighted by Crippen LogP contribution is 2.24. The van der Waals surface area contributed by atoms with E-state index in [0.717, 1.165) is 35.7 Å². The molecule has 0 aliphatic carbocycles. The molecule has 31 heavy (non-hydrogen) atoms. The van der Waals surface area contributed by atoms with Gasteiger partial charge in [-0.3, -0.25) is 9.59 Å². The first kappa shape index (κ1) is 22.8. The molecule has 3 rings (SSSR count). The minimum Gasteiger partial charge on any atom is -0.367 e. The second-order valence-electron chi connectivity index (χ2n) is 7.28. The maximum atomic E-state index is 12.9. The number of fused-ring (bicyclic) bond motifs is 1. The van der Waals surface area contributed by atoms with E-state index < -0.39 is 5.91 Å². The van der Waals surface area contributed by atoms with Gasteiger partial charge in [0.1, 0.15) is 18.1 Å². The number of hydrogen-bond donors (Lipinski definition) is 2. The standard InChI is InChI=1S/C23H25ClFN3O3/c24-18-6-9-20-17(12-18)13-21(23(26)30)28(20)11-3-1-2-10-27-22(29)15-31-14-16-4-7-19(25)8-5-16/h4-9,12-13H,1-3,10-11,14-15H2,(H2,26,30)(H,27,29). The summed E-state index contributed by atoms with van der Waals surface area (Å²) in [4.78, 5) is 23.6. The number of hydrogen-bond acceptors (Lipinski definition) is 3. The van der Waals surface area contributed by atoms with Gasteiger partial charge in [-0.05, 0) is 61.2 Å². The lowest BCUT2D eigenvalue weighted by Gasteiger charge is -2.10. The molecule has 1 heterocycles. The maximum absolute atomic E-state index is 12.9. The molecule has 3 N–H and O–H groups in total. The van der Waals surface area contributed by atoms with Crippen LogP contribution in [-0.4, -0.2) is 29.5 Å². The number of aryl methyl sites for hydroxylation is 1. The van der Waals surface area contributed by atoms with Gasteiger partial charge in [-0.1, -0.05) is 23.7 Å². The smallest absolute Gasteiger partial charge is 0.265 e. The van der Waals surface area contributed by atoms with Crippen LogP contribution in [-0.2, 0) is 22.7 Å². The van der Waals surface area contributed by atoms with Gasteiger partial charge in [0.25, 0.3) is 5.91 Å². The van der Waals surface area contributed by atoms with Crippen LogP contribution < -0.4 is 11.1 Å². The third kappa shape index (κ3) is 6.54. The zero-order valence-corrected chi connectivity index (χ0v) is 17.8. The number of unbranched alkanes of at least 4 members (excludes halogenated alkanes) is 2. The average molecular weight is 446 g/mol. The summed E-state index contributed by atoms with van der Waals surface area (Å²) in [7, 11) is 0. The summed E-state index contributed by atoms with van der Waals surface area (Å²) in [6.07, 6.45) is 2.52. The van der Waals surface area contributed by atoms with Gasteiger partial charge >= 0.3 is 0 Å². The lowest BCUT2D eigenvalue weighted by Crippen LogP contribution is -2.28. The van der Waals surface area contributed by atoms with Gasteiger partial charge < -0.3 is 20.4 Å². The number of amides is 2. The van der Waals surface area contributed by atoms with Crippen molar-refractivity contribution in [3.63, 3.8) is 0 Å². The molecule has 3 aromatic rings. The molecule has 0 aliphatic heterocycles. The van der Waals surface area contributed by atoms with Crippen LogP contribution >= 0.6 is 11.6 Å². The fraction of sp³-hybridized carbons (Fsp3) is 0.304. The highest BCUT2D eigenvalue weighted by atomic mass is 35.5. The zero-order chi connectivity index (χ0) is 22.2. The Kier molecular flexibility index (Phi) is 8.03. The number of benzene rings is 2. The van der Waals surface area contributed by atoms with Crippen LogP contribution in [0.5, 0.6) is 0 Å². The fourth-order valence-corrected chi connectivity index (χ4v) is 3.56. The van der Waals surface area contributed by atoms with E-state index in [1.165, 1.54) is 12.1 Å². The van der Waals surface area contributed by atoms with Crippen LogP contribution in [0.4, 0.5) is 4.39 Å². The van der Waals surface area contributed by atoms with Crippen molar-refractivity contribution >= 4 is 34.3 Å². The Balaban J connectivity index is 1.36. The summed E-state index contributed by atoms with van der Waals surface area (Å²) in [6, 6.07) is 13.2. The number of carbonyl (C=O) groups excluding carboxylic acids is 2. The van der Waals surface area contributed by atoms with Gasteiger partial charge in [-0.25, -0.2) is 4.39 Å². The van der Waals surface area contributed by atoms with E-state index in [1.54, 1.807) is 24.3 Å². The number of nitrogens with zero attached hydrogens (tertiary/aromatic N) is 1. The van der Waals surface area contributed by atoms with Gasteiger partial charge in [0.2, 0.25) is 5.91 Å². The molecule has 0 unspecified atom stereocenters. The van der Waals surface area contributed by atoms with Crippen LogP contribution in [0.15, 0.2) is 48.5 Å². The lowest BCUT2D eigenvalue weighted by atomic mass is 10.2. The molecule has 2 amide bonds. The Labute approximate surface area is 185 Å². The minimum absolute atomic E-state index is 0.0444. The highest BCUT2D eigenvalue weighted by molar-refractivity contribution is 6.31. The van der Waals surface area contributed by atoms with Gasteiger partial charge in [0.05, 0.1) is 6.61 Å². The summed E-state index contributed by atoms with van der Waals surface area (Å²) in [5.74, 6) is -0.965. The monoisotopic (exact) mass is 445 g/mol. The van der Waals surface area contributed by atoms with Crippen LogP contribution in [0.3, 0.4) is 0 Å². The molecular weight excluding hydrogens is 421 g/mol. The molecule has 0 radical (unpaired) electrons. The normalized spacial score (nSPS) is 11.0. The third-order valence-electron chi connectivity index (χ3n) is 4.91. The SMILES string of the molecule is NC(=O)c1cc2cc(Cl)ccc2n1CCCCCNC(=O)COCc1ccc(F)cc1. The van der Waals surface area contributed by atoms with Gasteiger partial charge in [-0.15, -0.1) is 0 Å². The van der Waals surface area contributed by atoms with E-state index in [1.807, 2.05) is 16.7 Å². The molecule has 0 fully saturated rings. The van der Waals surface area contributed by atoms with Crippen molar-refractivity contribution < 1.29 is 18.7 Å². The predicted molar refractivity (Wildman–Crippen MR) is 118 cm³/mol. The number of carbonyl (C=O) groups is 2. The molecule has 1 aromatic heterocycles. The Morgan fingerprint density at radius 1 is 1.06 bits per heavy atom. The molecule has 6 nitrogen and oxygen atoms in total. The van der Waals surface area contributed by atoms with E-state index in [9.17, 15) is 14.0 Å². The summed E-state index contributed by atoms with van der Waals surface area (Å²) in [6.45, 7) is 1.41. The van der Waals surface area contributed by atoms with Crippen molar-refractivity contribution in [3.05, 3.63) is 70.6 Å². The quantitative estimate of drug-likeness (QED) is 0.437. The Bertz CT molecular complexity index is 1050. The lowest BCUT2D eigenvalue weighted by molar-refractivity contribution is -0.126. The van der Waals surface area contributed by atoms with E-state index in [4.69, 9.17) is 22.1 Å². The molecule has 0 atom stereocenters. The van der Waals surface area contributed by atoms with E-state index in [2.05, 4.69) is 5.32 Å². The van der Waals surface area contributed by atoms with Crippen molar-refractivity contribution in [3.8, 4) is 0 Å². The number of rotatable bonds is 11. The van der Waals surface area contributed by atoms with E-state index >= 15 is 0 Å². The van der Waals surface area contributed by atoms with Crippen molar-refractivity contribution in [1.82, 2.24) is 9.88 Å². The second kappa shape index (κ2) is 10.9. The van der Waals surface area contributed by atoms with Gasteiger partial charge in [0.15, 0.2) is 0 Å². The Hall–Kier alpha value is -2.90. The Morgan fingerprint density at radius 3 is 2.58 bits per heavy atom. The number of aromatic nitrogens is 1. The average Bonchev–Trinajstić information content (AvgIpc) is 3.10. The maximum Gasteiger partial charge on any atom is 0.265 e. The number of halogens is 2. The molecular formula is C23H25ClFN3O3. The summed E-state index contributed by atoms with van der Waals surface area (Å²) < 4.78 is 20.1. The zero-order valence-electron chi connectivity index (χ0n) is 17.1. The van der Waals surface area contributed by atoms with Crippen LogP contribution in [0.2, 0.25) is 5.02 Å². The van der Waals surface area contributed by atoms with Gasteiger partial charge in [-0.2, -0.15) is 0 Å². The number of ether oxygens (including phenoxy) is 1. The summed E-state index contributed by atoms with van der Waals surface area (Å²) in [5.41, 5.74) is 7.71. The number of primary amides is 1. The highest BCUT2D eigenvalue weighted by Gasteiger charge is 2.13. The molecule has 8 heteroatoms. The van der Waals surface area contributed by atoms with Gasteiger partial charge in [0, 0.05) is 29.0 Å². The molecule has 0 aliphatic rings. The van der Waals surface area contributed by atoms with Crippen molar-refractivity contribution in [2.45, 2.75) is 32.4 Å². The van der Waals surface area contributed by atoms with Crippen molar-refractivity contribution in [2.75, 3.05) is 13.2 Å². The first-order valence-corrected chi connectivity index (χ1v) is 10.5. The predicted octanol–water partition coefficient (Wildman–Crippen LogP) is 4.04. The first-order valence-electron chi connectivity index (χ1n) is 10.1. The topological polar surface area (TPSA) is 86.4 Å². The van der Waals surface area contributed by atoms with Crippen LogP contribution in [0.1, 0.15) is 35.3 Å². The van der Waals surface area contributed by atoms with E-state index in [-0.39, 0.29) is 24.9 Å². The molecule has 0 spiro atoms. The summed E-state index contributed by atoms with van der Waals surface area (Å²) >= 11 is 6.03. The van der Waals surface area contributed by atoms with Crippen LogP contribution in [0.25, 0.3) is 10.9 Å². The number of nitrogens with two attached hydrogens (primary N) is 1. The first-order chi connectivity index (χ1) is 14.9. The molecule has 2 aromatic carbocycles. The number of nitrogens with one attached hydrogen (secondary N) is 1. The second-order valence-corrected chi connectivity index (χ2v) is 7.71. The molecule has 164 valence electrons. The molecule has 0 saturated heterocycles. The largest absolute Gasteiger partial charge is 0.367 e. The summed E-state index contributed by atoms with van der Waals surface area (Å²) in [5, 5.41) is 4.31. The molecule has 0 saturated carbocycles. The minimum atomic E-state index is -0.472. The fourth-order valence-electron chi connectivity index (χ4n) is 3.38.